The first-order valence-electron chi connectivity index (χ1n) is 7.70. The van der Waals surface area contributed by atoms with Gasteiger partial charge in [-0.25, -0.2) is 4.79 Å². The van der Waals surface area contributed by atoms with E-state index in [0.29, 0.717) is 18.7 Å². The number of hydrogen-bond acceptors (Lipinski definition) is 3. The van der Waals surface area contributed by atoms with Crippen molar-refractivity contribution < 1.29 is 19.4 Å². The van der Waals surface area contributed by atoms with E-state index in [0.717, 1.165) is 17.3 Å². The highest BCUT2D eigenvalue weighted by Gasteiger charge is 2.18. The van der Waals surface area contributed by atoms with Crippen LogP contribution >= 0.6 is 0 Å². The van der Waals surface area contributed by atoms with Crippen LogP contribution in [0.3, 0.4) is 0 Å². The van der Waals surface area contributed by atoms with Crippen LogP contribution in [0, 0.1) is 0 Å². The van der Waals surface area contributed by atoms with Gasteiger partial charge < -0.3 is 20.1 Å². The van der Waals surface area contributed by atoms with Gasteiger partial charge in [-0.2, -0.15) is 0 Å². The number of aromatic amines is 1. The van der Waals surface area contributed by atoms with Gasteiger partial charge in [-0.05, 0) is 26.3 Å². The molecule has 6 nitrogen and oxygen atoms in total. The van der Waals surface area contributed by atoms with E-state index in [2.05, 4.69) is 10.3 Å². The Labute approximate surface area is 134 Å². The average molecular weight is 318 g/mol. The number of para-hydroxylation sites is 1. The molecule has 0 fully saturated rings. The van der Waals surface area contributed by atoms with E-state index < -0.39 is 5.97 Å². The molecule has 0 saturated carbocycles. The summed E-state index contributed by atoms with van der Waals surface area (Å²) in [6, 6.07) is 7.26. The molecule has 0 bridgehead atoms. The van der Waals surface area contributed by atoms with Crippen molar-refractivity contribution in [2.45, 2.75) is 32.8 Å². The van der Waals surface area contributed by atoms with E-state index in [-0.39, 0.29) is 24.1 Å². The molecule has 0 saturated heterocycles. The number of nitrogens with one attached hydrogen (secondary N) is 2. The summed E-state index contributed by atoms with van der Waals surface area (Å²) < 4.78 is 5.40. The number of aromatic nitrogens is 1. The number of ether oxygens (including phenoxy) is 1. The maximum Gasteiger partial charge on any atom is 0.352 e. The lowest BCUT2D eigenvalue weighted by atomic mass is 10.1. The van der Waals surface area contributed by atoms with Gasteiger partial charge in [0.05, 0.1) is 12.5 Å². The molecule has 1 aromatic carbocycles. The Kier molecular flexibility index (Phi) is 5.76. The van der Waals surface area contributed by atoms with E-state index in [4.69, 9.17) is 4.74 Å². The standard InChI is InChI=1S/C17H22N2O4/c1-11(2)23-9-5-8-18-15(20)10-13-12-6-3-4-7-14(12)19-16(13)17(21)22/h3-4,6-7,11,19H,5,8-10H2,1-2H3,(H,18,20)(H,21,22). The van der Waals surface area contributed by atoms with Crippen LogP contribution in [-0.4, -0.2) is 41.2 Å². The van der Waals surface area contributed by atoms with Gasteiger partial charge in [0.2, 0.25) is 5.91 Å². The molecule has 0 radical (unpaired) electrons. The lowest BCUT2D eigenvalue weighted by molar-refractivity contribution is -0.120. The lowest BCUT2D eigenvalue weighted by Crippen LogP contribution is -2.27. The van der Waals surface area contributed by atoms with E-state index in [1.165, 1.54) is 0 Å². The number of fused-ring (bicyclic) bond motifs is 1. The molecule has 3 N–H and O–H groups in total. The number of carboxylic acids is 1. The zero-order chi connectivity index (χ0) is 16.8. The number of aromatic carboxylic acids is 1. The zero-order valence-electron chi connectivity index (χ0n) is 13.4. The van der Waals surface area contributed by atoms with Crippen LogP contribution in [0.2, 0.25) is 0 Å². The van der Waals surface area contributed by atoms with E-state index in [1.807, 2.05) is 32.0 Å². The van der Waals surface area contributed by atoms with Gasteiger partial charge in [0.1, 0.15) is 5.69 Å². The normalized spacial score (nSPS) is 11.1. The van der Waals surface area contributed by atoms with Crippen molar-refractivity contribution in [1.82, 2.24) is 10.3 Å². The Morgan fingerprint density at radius 2 is 2.04 bits per heavy atom. The minimum atomic E-state index is -1.06. The molecular formula is C17H22N2O4. The van der Waals surface area contributed by atoms with Crippen molar-refractivity contribution in [2.75, 3.05) is 13.2 Å². The van der Waals surface area contributed by atoms with E-state index in [9.17, 15) is 14.7 Å². The SMILES string of the molecule is CC(C)OCCCNC(=O)Cc1c(C(=O)O)[nH]c2ccccc12. The minimum Gasteiger partial charge on any atom is -0.477 e. The van der Waals surface area contributed by atoms with Gasteiger partial charge in [0.25, 0.3) is 0 Å². The van der Waals surface area contributed by atoms with Crippen LogP contribution in [0.15, 0.2) is 24.3 Å². The molecule has 0 aliphatic heterocycles. The third-order valence-corrected chi connectivity index (χ3v) is 3.46. The van der Waals surface area contributed by atoms with Crippen molar-refractivity contribution in [3.63, 3.8) is 0 Å². The highest BCUT2D eigenvalue weighted by molar-refractivity contribution is 5.99. The Morgan fingerprint density at radius 3 is 2.74 bits per heavy atom. The van der Waals surface area contributed by atoms with Crippen molar-refractivity contribution >= 4 is 22.8 Å². The predicted octanol–water partition coefficient (Wildman–Crippen LogP) is 2.34. The molecular weight excluding hydrogens is 296 g/mol. The highest BCUT2D eigenvalue weighted by atomic mass is 16.5. The second kappa shape index (κ2) is 7.78. The number of carboxylic acid groups (broad SMARTS) is 1. The monoisotopic (exact) mass is 318 g/mol. The Balaban J connectivity index is 1.99. The number of H-pyrrole nitrogens is 1. The maximum absolute atomic E-state index is 12.1. The average Bonchev–Trinajstić information content (AvgIpc) is 2.86. The fraction of sp³-hybridized carbons (Fsp3) is 0.412. The quantitative estimate of drug-likeness (QED) is 0.652. The number of carbonyl (C=O) groups excluding carboxylic acids is 1. The van der Waals surface area contributed by atoms with Gasteiger partial charge in [0, 0.05) is 29.6 Å². The molecule has 0 atom stereocenters. The smallest absolute Gasteiger partial charge is 0.352 e. The second-order valence-electron chi connectivity index (χ2n) is 5.63. The van der Waals surface area contributed by atoms with Gasteiger partial charge >= 0.3 is 5.97 Å². The van der Waals surface area contributed by atoms with Crippen LogP contribution in [0.4, 0.5) is 0 Å². The van der Waals surface area contributed by atoms with E-state index in [1.54, 1.807) is 6.07 Å². The first-order chi connectivity index (χ1) is 11.0. The van der Waals surface area contributed by atoms with E-state index >= 15 is 0 Å². The van der Waals surface area contributed by atoms with Gasteiger partial charge in [-0.3, -0.25) is 4.79 Å². The number of benzene rings is 1. The van der Waals surface area contributed by atoms with Crippen LogP contribution in [0.1, 0.15) is 36.3 Å². The summed E-state index contributed by atoms with van der Waals surface area (Å²) in [5.41, 5.74) is 1.31. The summed E-state index contributed by atoms with van der Waals surface area (Å²) in [6.45, 7) is 5.02. The molecule has 2 aromatic rings. The van der Waals surface area contributed by atoms with Crippen LogP contribution < -0.4 is 5.32 Å². The molecule has 2 rings (SSSR count). The summed E-state index contributed by atoms with van der Waals surface area (Å²) in [7, 11) is 0. The molecule has 0 unspecified atom stereocenters. The highest BCUT2D eigenvalue weighted by Crippen LogP contribution is 2.23. The number of hydrogen-bond donors (Lipinski definition) is 3. The molecule has 23 heavy (non-hydrogen) atoms. The lowest BCUT2D eigenvalue weighted by Gasteiger charge is -2.08. The third-order valence-electron chi connectivity index (χ3n) is 3.46. The first-order valence-corrected chi connectivity index (χ1v) is 7.70. The number of carbonyl (C=O) groups is 2. The van der Waals surface area contributed by atoms with Crippen molar-refractivity contribution in [2.24, 2.45) is 0 Å². The first kappa shape index (κ1) is 17.0. The van der Waals surface area contributed by atoms with Crippen LogP contribution in [0.5, 0.6) is 0 Å². The zero-order valence-corrected chi connectivity index (χ0v) is 13.4. The summed E-state index contributed by atoms with van der Waals surface area (Å²) in [5, 5.41) is 12.9. The summed E-state index contributed by atoms with van der Waals surface area (Å²) in [5.74, 6) is -1.25. The molecule has 124 valence electrons. The van der Waals surface area contributed by atoms with Crippen molar-refractivity contribution in [3.8, 4) is 0 Å². The van der Waals surface area contributed by atoms with Crippen LogP contribution in [0.25, 0.3) is 10.9 Å². The summed E-state index contributed by atoms with van der Waals surface area (Å²) in [4.78, 5) is 26.3. The van der Waals surface area contributed by atoms with Crippen molar-refractivity contribution in [3.05, 3.63) is 35.5 Å². The summed E-state index contributed by atoms with van der Waals surface area (Å²) >= 11 is 0. The molecule has 0 aliphatic carbocycles. The molecule has 1 heterocycles. The Hall–Kier alpha value is -2.34. The number of rotatable bonds is 8. The molecule has 6 heteroatoms. The van der Waals surface area contributed by atoms with Gasteiger partial charge in [-0.15, -0.1) is 0 Å². The second-order valence-corrected chi connectivity index (χ2v) is 5.63. The maximum atomic E-state index is 12.1. The third kappa shape index (κ3) is 4.56. The Bertz CT molecular complexity index is 691. The Morgan fingerprint density at radius 1 is 1.30 bits per heavy atom. The van der Waals surface area contributed by atoms with Crippen molar-refractivity contribution in [1.29, 1.82) is 0 Å². The largest absolute Gasteiger partial charge is 0.477 e. The van der Waals surface area contributed by atoms with Gasteiger partial charge in [-0.1, -0.05) is 18.2 Å². The molecule has 0 spiro atoms. The predicted molar refractivity (Wildman–Crippen MR) is 87.7 cm³/mol. The van der Waals surface area contributed by atoms with Crippen LogP contribution in [-0.2, 0) is 16.0 Å². The minimum absolute atomic E-state index is 0.0384. The van der Waals surface area contributed by atoms with Gasteiger partial charge in [0.15, 0.2) is 0 Å². The fourth-order valence-electron chi connectivity index (χ4n) is 2.41. The topological polar surface area (TPSA) is 91.4 Å². The fourth-order valence-corrected chi connectivity index (χ4v) is 2.41. The molecule has 1 amide bonds. The molecule has 1 aromatic heterocycles. The summed E-state index contributed by atoms with van der Waals surface area (Å²) in [6.07, 6.45) is 0.940. The molecule has 0 aliphatic rings. The number of amides is 1.